The maximum atomic E-state index is 5.64. The van der Waals surface area contributed by atoms with Crippen molar-refractivity contribution in [3.63, 3.8) is 0 Å². The Morgan fingerprint density at radius 1 is 1.47 bits per heavy atom. The van der Waals surface area contributed by atoms with Crippen LogP contribution in [0.5, 0.6) is 5.75 Å². The van der Waals surface area contributed by atoms with Crippen LogP contribution in [0, 0.1) is 6.92 Å². The predicted octanol–water partition coefficient (Wildman–Crippen LogP) is 2.32. The highest BCUT2D eigenvalue weighted by Crippen LogP contribution is 2.26. The van der Waals surface area contributed by atoms with Crippen molar-refractivity contribution in [2.75, 3.05) is 6.61 Å². The summed E-state index contributed by atoms with van der Waals surface area (Å²) < 4.78 is 11.1. The minimum Gasteiger partial charge on any atom is -0.492 e. The number of pyridine rings is 1. The fourth-order valence-corrected chi connectivity index (χ4v) is 1.90. The first kappa shape index (κ1) is 13.6. The van der Waals surface area contributed by atoms with Gasteiger partial charge in [-0.05, 0) is 36.6 Å². The summed E-state index contributed by atoms with van der Waals surface area (Å²) >= 11 is 0. The zero-order valence-electron chi connectivity index (χ0n) is 11.2. The lowest BCUT2D eigenvalue weighted by molar-refractivity contribution is 0.315. The predicted molar refractivity (Wildman–Crippen MR) is 72.6 cm³/mol. The summed E-state index contributed by atoms with van der Waals surface area (Å²) in [6.07, 6.45) is 6.06. The lowest BCUT2D eigenvalue weighted by atomic mass is 10.0. The molecule has 5 nitrogen and oxygen atoms in total. The molecule has 0 radical (unpaired) electrons. The van der Waals surface area contributed by atoms with Crippen molar-refractivity contribution >= 4 is 0 Å². The summed E-state index contributed by atoms with van der Waals surface area (Å²) in [5.74, 6) is 7.16. The van der Waals surface area contributed by atoms with E-state index < -0.39 is 0 Å². The van der Waals surface area contributed by atoms with Crippen molar-refractivity contribution in [2.45, 2.75) is 26.3 Å². The van der Waals surface area contributed by atoms with E-state index in [1.165, 1.54) is 0 Å². The maximum Gasteiger partial charge on any atom is 0.137 e. The van der Waals surface area contributed by atoms with E-state index in [-0.39, 0.29) is 6.04 Å². The highest BCUT2D eigenvalue weighted by molar-refractivity contribution is 5.33. The van der Waals surface area contributed by atoms with Crippen LogP contribution < -0.4 is 16.0 Å². The largest absolute Gasteiger partial charge is 0.492 e. The van der Waals surface area contributed by atoms with E-state index >= 15 is 0 Å². The van der Waals surface area contributed by atoms with Gasteiger partial charge in [0.05, 0.1) is 19.1 Å². The number of hydrogen-bond donors (Lipinski definition) is 2. The van der Waals surface area contributed by atoms with Gasteiger partial charge < -0.3 is 9.15 Å². The number of rotatable bonds is 6. The Morgan fingerprint density at radius 2 is 2.32 bits per heavy atom. The molecule has 0 saturated heterocycles. The van der Waals surface area contributed by atoms with Gasteiger partial charge in [0, 0.05) is 6.20 Å². The summed E-state index contributed by atoms with van der Waals surface area (Å²) in [6, 6.07) is 3.60. The second kappa shape index (κ2) is 6.36. The van der Waals surface area contributed by atoms with Crippen LogP contribution in [0.2, 0.25) is 0 Å². The van der Waals surface area contributed by atoms with Gasteiger partial charge in [0.1, 0.15) is 17.6 Å². The van der Waals surface area contributed by atoms with Crippen molar-refractivity contribution in [1.82, 2.24) is 10.4 Å². The number of nitrogens with one attached hydrogen (secondary N) is 1. The quantitative estimate of drug-likeness (QED) is 0.616. The number of aromatic nitrogens is 1. The standard InChI is InChI=1S/C14H19N3O2/c1-3-5-18-12-7-11(8-16-9-12)13(17-15)14-10(2)4-6-19-14/h4,6-9,13,17H,3,5,15H2,1-2H3. The van der Waals surface area contributed by atoms with Gasteiger partial charge >= 0.3 is 0 Å². The average Bonchev–Trinajstić information content (AvgIpc) is 2.84. The summed E-state index contributed by atoms with van der Waals surface area (Å²) in [5.41, 5.74) is 4.71. The van der Waals surface area contributed by atoms with Crippen molar-refractivity contribution < 1.29 is 9.15 Å². The van der Waals surface area contributed by atoms with Crippen LogP contribution in [0.15, 0.2) is 35.2 Å². The van der Waals surface area contributed by atoms with E-state index in [4.69, 9.17) is 15.0 Å². The molecule has 0 bridgehead atoms. The molecule has 5 heteroatoms. The highest BCUT2D eigenvalue weighted by Gasteiger charge is 2.18. The fourth-order valence-electron chi connectivity index (χ4n) is 1.90. The number of aryl methyl sites for hydroxylation is 1. The Kier molecular flexibility index (Phi) is 4.54. The maximum absolute atomic E-state index is 5.64. The number of nitrogens with two attached hydrogens (primary N) is 1. The number of hydrazine groups is 1. The van der Waals surface area contributed by atoms with E-state index in [0.717, 1.165) is 29.1 Å². The van der Waals surface area contributed by atoms with Gasteiger partial charge in [-0.2, -0.15) is 0 Å². The van der Waals surface area contributed by atoms with Crippen molar-refractivity contribution in [1.29, 1.82) is 0 Å². The molecule has 0 aliphatic heterocycles. The molecule has 19 heavy (non-hydrogen) atoms. The molecule has 0 amide bonds. The van der Waals surface area contributed by atoms with E-state index in [1.807, 2.05) is 19.1 Å². The van der Waals surface area contributed by atoms with Crippen LogP contribution in [0.1, 0.15) is 36.3 Å². The molecule has 2 rings (SSSR count). The molecule has 2 aromatic heterocycles. The van der Waals surface area contributed by atoms with Crippen LogP contribution >= 0.6 is 0 Å². The van der Waals surface area contributed by atoms with Crippen molar-refractivity contribution in [2.24, 2.45) is 5.84 Å². The first-order valence-corrected chi connectivity index (χ1v) is 6.34. The van der Waals surface area contributed by atoms with Crippen molar-refractivity contribution in [3.8, 4) is 5.75 Å². The zero-order chi connectivity index (χ0) is 13.7. The number of furan rings is 1. The molecule has 3 N–H and O–H groups in total. The van der Waals surface area contributed by atoms with E-state index in [9.17, 15) is 0 Å². The molecule has 102 valence electrons. The van der Waals surface area contributed by atoms with Gasteiger partial charge in [0.15, 0.2) is 0 Å². The second-order valence-electron chi connectivity index (χ2n) is 4.37. The molecule has 2 aromatic rings. The van der Waals surface area contributed by atoms with Gasteiger partial charge in [-0.1, -0.05) is 6.92 Å². The van der Waals surface area contributed by atoms with E-state index in [2.05, 4.69) is 17.3 Å². The van der Waals surface area contributed by atoms with Crippen LogP contribution in [0.25, 0.3) is 0 Å². The Balaban J connectivity index is 2.26. The van der Waals surface area contributed by atoms with Gasteiger partial charge in [-0.3, -0.25) is 10.8 Å². The molecule has 0 saturated carbocycles. The smallest absolute Gasteiger partial charge is 0.137 e. The Hall–Kier alpha value is -1.85. The Morgan fingerprint density at radius 3 is 2.95 bits per heavy atom. The topological polar surface area (TPSA) is 73.3 Å². The normalized spacial score (nSPS) is 12.4. The first-order valence-electron chi connectivity index (χ1n) is 6.34. The lowest BCUT2D eigenvalue weighted by Gasteiger charge is -2.15. The zero-order valence-corrected chi connectivity index (χ0v) is 11.2. The van der Waals surface area contributed by atoms with Gasteiger partial charge in [-0.25, -0.2) is 5.43 Å². The fraction of sp³-hybridized carbons (Fsp3) is 0.357. The lowest BCUT2D eigenvalue weighted by Crippen LogP contribution is -2.29. The van der Waals surface area contributed by atoms with Crippen LogP contribution in [0.3, 0.4) is 0 Å². The Bertz CT molecular complexity index is 525. The van der Waals surface area contributed by atoms with Crippen LogP contribution in [-0.2, 0) is 0 Å². The molecule has 0 aliphatic carbocycles. The number of nitrogens with zero attached hydrogens (tertiary/aromatic N) is 1. The van der Waals surface area contributed by atoms with Gasteiger partial charge in [0.25, 0.3) is 0 Å². The minimum absolute atomic E-state index is 0.229. The second-order valence-corrected chi connectivity index (χ2v) is 4.37. The third kappa shape index (κ3) is 3.13. The Labute approximate surface area is 112 Å². The molecule has 0 fully saturated rings. The van der Waals surface area contributed by atoms with Crippen LogP contribution in [-0.4, -0.2) is 11.6 Å². The molecule has 0 aromatic carbocycles. The molecular formula is C14H19N3O2. The van der Waals surface area contributed by atoms with Crippen LogP contribution in [0.4, 0.5) is 0 Å². The summed E-state index contributed by atoms with van der Waals surface area (Å²) in [6.45, 7) is 4.72. The summed E-state index contributed by atoms with van der Waals surface area (Å²) in [7, 11) is 0. The third-order valence-corrected chi connectivity index (χ3v) is 2.87. The number of ether oxygens (including phenoxy) is 1. The van der Waals surface area contributed by atoms with Gasteiger partial charge in [0.2, 0.25) is 0 Å². The first-order chi connectivity index (χ1) is 9.26. The van der Waals surface area contributed by atoms with E-state index in [0.29, 0.717) is 6.61 Å². The van der Waals surface area contributed by atoms with Gasteiger partial charge in [-0.15, -0.1) is 0 Å². The molecule has 0 aliphatic rings. The average molecular weight is 261 g/mol. The summed E-state index contributed by atoms with van der Waals surface area (Å²) in [5, 5.41) is 0. The SMILES string of the molecule is CCCOc1cncc(C(NN)c2occc2C)c1. The molecule has 2 heterocycles. The number of hydrogen-bond acceptors (Lipinski definition) is 5. The molecule has 1 unspecified atom stereocenters. The molecule has 0 spiro atoms. The highest BCUT2D eigenvalue weighted by atomic mass is 16.5. The molecular weight excluding hydrogens is 242 g/mol. The van der Waals surface area contributed by atoms with E-state index in [1.54, 1.807) is 18.7 Å². The monoisotopic (exact) mass is 261 g/mol. The van der Waals surface area contributed by atoms with Crippen molar-refractivity contribution in [3.05, 3.63) is 47.7 Å². The summed E-state index contributed by atoms with van der Waals surface area (Å²) in [4.78, 5) is 4.18. The molecule has 1 atom stereocenters. The third-order valence-electron chi connectivity index (χ3n) is 2.87. The minimum atomic E-state index is -0.229.